The van der Waals surface area contributed by atoms with E-state index in [9.17, 15) is 9.90 Å². The van der Waals surface area contributed by atoms with Crippen LogP contribution in [0.3, 0.4) is 0 Å². The number of aliphatic hydroxyl groups excluding tert-OH is 1. The van der Waals surface area contributed by atoms with Crippen molar-refractivity contribution in [3.63, 3.8) is 0 Å². The van der Waals surface area contributed by atoms with Crippen LogP contribution in [-0.4, -0.2) is 61.4 Å². The number of nitrogens with one attached hydrogen (secondary N) is 1. The molecule has 1 atom stereocenters. The fourth-order valence-corrected chi connectivity index (χ4v) is 1.63. The van der Waals surface area contributed by atoms with Crippen LogP contribution in [0, 0.1) is 0 Å². The molecule has 1 amide bonds. The van der Waals surface area contributed by atoms with Gasteiger partial charge in [-0.3, -0.25) is 9.78 Å². The number of nitrogens with zero attached hydrogens (tertiary/aromatic N) is 2. The van der Waals surface area contributed by atoms with Gasteiger partial charge < -0.3 is 20.1 Å². The van der Waals surface area contributed by atoms with Gasteiger partial charge in [-0.25, -0.2) is 0 Å². The minimum absolute atomic E-state index is 0.170. The molecule has 6 nitrogen and oxygen atoms in total. The second-order valence-electron chi connectivity index (χ2n) is 3.97. The molecule has 100 valence electrons. The minimum Gasteiger partial charge on any atom is -0.389 e. The van der Waals surface area contributed by atoms with Crippen molar-refractivity contribution in [1.29, 1.82) is 0 Å². The van der Waals surface area contributed by atoms with Crippen LogP contribution in [0.4, 0.5) is 5.69 Å². The summed E-state index contributed by atoms with van der Waals surface area (Å²) in [5, 5.41) is 12.5. The summed E-state index contributed by atoms with van der Waals surface area (Å²) in [6.07, 6.45) is 2.46. The van der Waals surface area contributed by atoms with Crippen LogP contribution in [0.25, 0.3) is 0 Å². The molecule has 0 aromatic carbocycles. The summed E-state index contributed by atoms with van der Waals surface area (Å²) in [4.78, 5) is 17.6. The highest BCUT2D eigenvalue weighted by atomic mass is 16.5. The Kier molecular flexibility index (Phi) is 5.54. The predicted octanol–water partition coefficient (Wildman–Crippen LogP) is 0.203. The molecule has 2 N–H and O–H groups in total. The maximum Gasteiger partial charge on any atom is 0.255 e. The lowest BCUT2D eigenvalue weighted by atomic mass is 10.2. The third-order valence-corrected chi connectivity index (χ3v) is 2.51. The van der Waals surface area contributed by atoms with Crippen molar-refractivity contribution >= 4 is 11.6 Å². The van der Waals surface area contributed by atoms with E-state index in [0.717, 1.165) is 0 Å². The first-order valence-corrected chi connectivity index (χ1v) is 5.64. The zero-order chi connectivity index (χ0) is 13.5. The molecule has 0 spiro atoms. The second kappa shape index (κ2) is 6.93. The molecule has 1 aromatic heterocycles. The summed E-state index contributed by atoms with van der Waals surface area (Å²) >= 11 is 0. The van der Waals surface area contributed by atoms with Crippen LogP contribution in [0.15, 0.2) is 18.5 Å². The number of rotatable bonds is 6. The van der Waals surface area contributed by atoms with Crippen LogP contribution in [0.2, 0.25) is 0 Å². The molecule has 0 aliphatic rings. The number of hydrogen-bond acceptors (Lipinski definition) is 5. The molecule has 1 aromatic rings. The largest absolute Gasteiger partial charge is 0.389 e. The van der Waals surface area contributed by atoms with Crippen LogP contribution in [0.1, 0.15) is 10.4 Å². The Hall–Kier alpha value is -1.66. The SMILES string of the molecule is CNc1cnccc1C(=O)N(C)CC(O)COC. The Morgan fingerprint density at radius 2 is 2.39 bits per heavy atom. The van der Waals surface area contributed by atoms with Crippen molar-refractivity contribution < 1.29 is 14.6 Å². The summed E-state index contributed by atoms with van der Waals surface area (Å²) in [6, 6.07) is 1.65. The van der Waals surface area contributed by atoms with Crippen LogP contribution in [-0.2, 0) is 4.74 Å². The van der Waals surface area contributed by atoms with Gasteiger partial charge in [-0.1, -0.05) is 0 Å². The smallest absolute Gasteiger partial charge is 0.255 e. The Labute approximate surface area is 107 Å². The Morgan fingerprint density at radius 3 is 3.00 bits per heavy atom. The Morgan fingerprint density at radius 1 is 1.67 bits per heavy atom. The lowest BCUT2D eigenvalue weighted by Crippen LogP contribution is -2.36. The number of ether oxygens (including phenoxy) is 1. The van der Waals surface area contributed by atoms with E-state index in [4.69, 9.17) is 4.74 Å². The monoisotopic (exact) mass is 253 g/mol. The normalized spacial score (nSPS) is 12.0. The molecule has 0 radical (unpaired) electrons. The van der Waals surface area contributed by atoms with Crippen molar-refractivity contribution in [3.8, 4) is 0 Å². The van der Waals surface area contributed by atoms with Gasteiger partial charge in [0.1, 0.15) is 0 Å². The van der Waals surface area contributed by atoms with Crippen LogP contribution in [0.5, 0.6) is 0 Å². The molecule has 0 fully saturated rings. The van der Waals surface area contributed by atoms with Crippen molar-refractivity contribution in [2.45, 2.75) is 6.10 Å². The van der Waals surface area contributed by atoms with E-state index in [1.54, 1.807) is 32.6 Å². The number of carbonyl (C=O) groups is 1. The molecule has 1 heterocycles. The maximum absolute atomic E-state index is 12.2. The highest BCUT2D eigenvalue weighted by Gasteiger charge is 2.17. The lowest BCUT2D eigenvalue weighted by molar-refractivity contribution is 0.0380. The fourth-order valence-electron chi connectivity index (χ4n) is 1.63. The zero-order valence-corrected chi connectivity index (χ0v) is 10.9. The quantitative estimate of drug-likeness (QED) is 0.757. The Bertz CT molecular complexity index is 398. The van der Waals surface area contributed by atoms with Crippen molar-refractivity contribution in [1.82, 2.24) is 9.88 Å². The van der Waals surface area contributed by atoms with Gasteiger partial charge in [0.2, 0.25) is 0 Å². The van der Waals surface area contributed by atoms with Crippen LogP contribution < -0.4 is 5.32 Å². The molecular formula is C12H19N3O3. The summed E-state index contributed by atoms with van der Waals surface area (Å²) < 4.78 is 4.82. The van der Waals surface area contributed by atoms with Gasteiger partial charge in [0, 0.05) is 33.9 Å². The molecule has 0 aliphatic heterocycles. The van der Waals surface area contributed by atoms with E-state index in [1.165, 1.54) is 12.0 Å². The number of aliphatic hydroxyl groups is 1. The average molecular weight is 253 g/mol. The third-order valence-electron chi connectivity index (χ3n) is 2.51. The number of hydrogen-bond donors (Lipinski definition) is 2. The van der Waals surface area contributed by atoms with E-state index in [1.807, 2.05) is 0 Å². The van der Waals surface area contributed by atoms with Crippen molar-refractivity contribution in [2.24, 2.45) is 0 Å². The third kappa shape index (κ3) is 3.68. The number of anilines is 1. The summed E-state index contributed by atoms with van der Waals surface area (Å²) in [5.74, 6) is -0.170. The standard InChI is InChI=1S/C12H19N3O3/c1-13-11-6-14-5-4-10(11)12(17)15(2)7-9(16)8-18-3/h4-6,9,13,16H,7-8H2,1-3H3. The summed E-state index contributed by atoms with van der Waals surface area (Å²) in [5.41, 5.74) is 1.19. The summed E-state index contributed by atoms with van der Waals surface area (Å²) in [7, 11) is 4.88. The number of aromatic nitrogens is 1. The van der Waals surface area contributed by atoms with E-state index < -0.39 is 6.10 Å². The van der Waals surface area contributed by atoms with Gasteiger partial charge in [0.05, 0.1) is 30.2 Å². The lowest BCUT2D eigenvalue weighted by Gasteiger charge is -2.21. The fraction of sp³-hybridized carbons (Fsp3) is 0.500. The van der Waals surface area contributed by atoms with Crippen molar-refractivity contribution in [2.75, 3.05) is 39.7 Å². The van der Waals surface area contributed by atoms with Gasteiger partial charge in [-0.15, -0.1) is 0 Å². The van der Waals surface area contributed by atoms with Gasteiger partial charge in [0.25, 0.3) is 5.91 Å². The first-order valence-electron chi connectivity index (χ1n) is 5.64. The maximum atomic E-state index is 12.2. The zero-order valence-electron chi connectivity index (χ0n) is 10.9. The van der Waals surface area contributed by atoms with Crippen LogP contribution >= 0.6 is 0 Å². The molecular weight excluding hydrogens is 234 g/mol. The summed E-state index contributed by atoms with van der Waals surface area (Å²) in [6.45, 7) is 0.422. The number of methoxy groups -OCH3 is 1. The molecule has 6 heteroatoms. The van der Waals surface area contributed by atoms with Gasteiger partial charge in [-0.05, 0) is 6.07 Å². The minimum atomic E-state index is -0.691. The van der Waals surface area contributed by atoms with E-state index in [-0.39, 0.29) is 19.1 Å². The number of amides is 1. The topological polar surface area (TPSA) is 74.7 Å². The molecule has 0 saturated carbocycles. The predicted molar refractivity (Wildman–Crippen MR) is 68.6 cm³/mol. The molecule has 0 saturated heterocycles. The number of likely N-dealkylation sites (N-methyl/N-ethyl adjacent to an activating group) is 1. The molecule has 1 unspecified atom stereocenters. The second-order valence-corrected chi connectivity index (χ2v) is 3.97. The highest BCUT2D eigenvalue weighted by molar-refractivity contribution is 5.99. The highest BCUT2D eigenvalue weighted by Crippen LogP contribution is 2.14. The average Bonchev–Trinajstić information content (AvgIpc) is 2.38. The molecule has 0 aliphatic carbocycles. The van der Waals surface area contributed by atoms with E-state index in [2.05, 4.69) is 10.3 Å². The van der Waals surface area contributed by atoms with Crippen molar-refractivity contribution in [3.05, 3.63) is 24.0 Å². The first-order chi connectivity index (χ1) is 8.60. The van der Waals surface area contributed by atoms with E-state index in [0.29, 0.717) is 11.3 Å². The van der Waals surface area contributed by atoms with Gasteiger partial charge >= 0.3 is 0 Å². The first kappa shape index (κ1) is 14.4. The van der Waals surface area contributed by atoms with Gasteiger partial charge in [-0.2, -0.15) is 0 Å². The molecule has 1 rings (SSSR count). The Balaban J connectivity index is 2.74. The molecule has 18 heavy (non-hydrogen) atoms. The van der Waals surface area contributed by atoms with E-state index >= 15 is 0 Å². The number of carbonyl (C=O) groups excluding carboxylic acids is 1. The molecule has 0 bridgehead atoms. The van der Waals surface area contributed by atoms with Gasteiger partial charge in [0.15, 0.2) is 0 Å². The number of pyridine rings is 1.